The van der Waals surface area contributed by atoms with Crippen LogP contribution in [0.25, 0.3) is 0 Å². The topological polar surface area (TPSA) is 47.3 Å². The van der Waals surface area contributed by atoms with E-state index in [4.69, 9.17) is 10.6 Å². The Balaban J connectivity index is 2.02. The Morgan fingerprint density at radius 1 is 1.40 bits per heavy atom. The zero-order valence-electron chi connectivity index (χ0n) is 6.31. The van der Waals surface area contributed by atoms with Gasteiger partial charge in [0.1, 0.15) is 0 Å². The summed E-state index contributed by atoms with van der Waals surface area (Å²) in [6.07, 6.45) is 3.61. The van der Waals surface area contributed by atoms with Crippen molar-refractivity contribution in [1.82, 2.24) is 5.43 Å². The number of nitrogens with two attached hydrogens (primary N) is 1. The predicted octanol–water partition coefficient (Wildman–Crippen LogP) is 0.266. The summed E-state index contributed by atoms with van der Waals surface area (Å²) in [7, 11) is 0. The lowest BCUT2D eigenvalue weighted by atomic mass is 9.97. The van der Waals surface area contributed by atoms with Gasteiger partial charge in [-0.2, -0.15) is 0 Å². The van der Waals surface area contributed by atoms with Crippen LogP contribution in [-0.4, -0.2) is 19.8 Å². The van der Waals surface area contributed by atoms with Crippen LogP contribution in [0.5, 0.6) is 0 Å². The zero-order chi connectivity index (χ0) is 7.23. The van der Waals surface area contributed by atoms with E-state index in [1.807, 2.05) is 0 Å². The molecule has 0 aliphatic carbocycles. The molecule has 0 amide bonds. The third-order valence-corrected chi connectivity index (χ3v) is 2.04. The molecule has 0 aromatic rings. The van der Waals surface area contributed by atoms with Crippen molar-refractivity contribution in [3.63, 3.8) is 0 Å². The molecule has 10 heavy (non-hydrogen) atoms. The summed E-state index contributed by atoms with van der Waals surface area (Å²) in [6, 6.07) is 0. The van der Waals surface area contributed by atoms with E-state index in [1.54, 1.807) is 0 Å². The second-order valence-corrected chi connectivity index (χ2v) is 2.80. The van der Waals surface area contributed by atoms with Gasteiger partial charge in [-0.15, -0.1) is 0 Å². The molecule has 0 unspecified atom stereocenters. The maximum atomic E-state index is 5.23. The van der Waals surface area contributed by atoms with Gasteiger partial charge in [0.2, 0.25) is 0 Å². The number of ether oxygens (including phenoxy) is 1. The fraction of sp³-hybridized carbons (Fsp3) is 1.00. The lowest BCUT2D eigenvalue weighted by molar-refractivity contribution is 0.0640. The van der Waals surface area contributed by atoms with Gasteiger partial charge in [-0.1, -0.05) is 0 Å². The van der Waals surface area contributed by atoms with Crippen LogP contribution in [0.1, 0.15) is 19.3 Å². The van der Waals surface area contributed by atoms with Crippen molar-refractivity contribution in [2.75, 3.05) is 19.8 Å². The Morgan fingerprint density at radius 2 is 2.10 bits per heavy atom. The standard InChI is InChI=1S/C7H16N2O/c8-9-4-1-7-2-5-10-6-3-7/h7,9H,1-6,8H2. The summed E-state index contributed by atoms with van der Waals surface area (Å²) in [6.45, 7) is 2.81. The number of hydrogen-bond acceptors (Lipinski definition) is 3. The molecule has 0 radical (unpaired) electrons. The molecule has 1 rings (SSSR count). The van der Waals surface area contributed by atoms with Gasteiger partial charge in [-0.3, -0.25) is 11.3 Å². The molecular weight excluding hydrogens is 128 g/mol. The maximum absolute atomic E-state index is 5.23. The molecule has 3 heteroatoms. The van der Waals surface area contributed by atoms with Crippen LogP contribution in [0.3, 0.4) is 0 Å². The highest BCUT2D eigenvalue weighted by atomic mass is 16.5. The number of hydrogen-bond donors (Lipinski definition) is 2. The Morgan fingerprint density at radius 3 is 2.70 bits per heavy atom. The second-order valence-electron chi connectivity index (χ2n) is 2.80. The van der Waals surface area contributed by atoms with E-state index in [-0.39, 0.29) is 0 Å². The molecule has 1 fully saturated rings. The molecule has 1 heterocycles. The van der Waals surface area contributed by atoms with Gasteiger partial charge in [0.15, 0.2) is 0 Å². The average Bonchev–Trinajstić information content (AvgIpc) is 2.03. The highest BCUT2D eigenvalue weighted by Crippen LogP contribution is 2.17. The molecule has 0 saturated carbocycles. The molecule has 1 aliphatic rings. The van der Waals surface area contributed by atoms with Crippen molar-refractivity contribution < 1.29 is 4.74 Å². The minimum atomic E-state index is 0.838. The van der Waals surface area contributed by atoms with Crippen molar-refractivity contribution in [2.45, 2.75) is 19.3 Å². The van der Waals surface area contributed by atoms with E-state index in [0.29, 0.717) is 0 Å². The van der Waals surface area contributed by atoms with E-state index >= 15 is 0 Å². The normalized spacial score (nSPS) is 21.3. The van der Waals surface area contributed by atoms with Crippen molar-refractivity contribution in [1.29, 1.82) is 0 Å². The Labute approximate surface area is 61.9 Å². The predicted molar refractivity (Wildman–Crippen MR) is 40.4 cm³/mol. The van der Waals surface area contributed by atoms with Crippen molar-refractivity contribution in [2.24, 2.45) is 11.8 Å². The first-order chi connectivity index (χ1) is 4.93. The van der Waals surface area contributed by atoms with Gasteiger partial charge < -0.3 is 4.74 Å². The minimum absolute atomic E-state index is 0.838. The first kappa shape index (κ1) is 7.98. The lowest BCUT2D eigenvalue weighted by Gasteiger charge is -2.21. The van der Waals surface area contributed by atoms with Crippen LogP contribution in [0.15, 0.2) is 0 Å². The van der Waals surface area contributed by atoms with Gasteiger partial charge in [0, 0.05) is 19.8 Å². The highest BCUT2D eigenvalue weighted by molar-refractivity contribution is 4.63. The first-order valence-electron chi connectivity index (χ1n) is 3.94. The molecular formula is C7H16N2O. The Bertz CT molecular complexity index is 81.7. The summed E-state index contributed by atoms with van der Waals surface area (Å²) in [5.74, 6) is 6.00. The smallest absolute Gasteiger partial charge is 0.0468 e. The zero-order valence-corrected chi connectivity index (χ0v) is 6.31. The van der Waals surface area contributed by atoms with Crippen LogP contribution < -0.4 is 11.3 Å². The molecule has 0 aromatic heterocycles. The third kappa shape index (κ3) is 2.64. The summed E-state index contributed by atoms with van der Waals surface area (Å²) < 4.78 is 5.23. The van der Waals surface area contributed by atoms with E-state index in [0.717, 1.165) is 25.7 Å². The quantitative estimate of drug-likeness (QED) is 0.441. The summed E-state index contributed by atoms with van der Waals surface area (Å²) in [5.41, 5.74) is 2.67. The molecule has 0 spiro atoms. The molecule has 0 bridgehead atoms. The van der Waals surface area contributed by atoms with Gasteiger partial charge in [-0.25, -0.2) is 0 Å². The number of hydrazine groups is 1. The van der Waals surface area contributed by atoms with E-state index in [1.165, 1.54) is 19.3 Å². The monoisotopic (exact) mass is 144 g/mol. The SMILES string of the molecule is NNCCC1CCOCC1. The second kappa shape index (κ2) is 4.66. The molecule has 0 atom stereocenters. The van der Waals surface area contributed by atoms with Crippen LogP contribution in [0.2, 0.25) is 0 Å². The molecule has 1 saturated heterocycles. The third-order valence-electron chi connectivity index (χ3n) is 2.04. The van der Waals surface area contributed by atoms with E-state index < -0.39 is 0 Å². The van der Waals surface area contributed by atoms with Gasteiger partial charge in [-0.05, 0) is 25.2 Å². The molecule has 0 aromatic carbocycles. The highest BCUT2D eigenvalue weighted by Gasteiger charge is 2.12. The van der Waals surface area contributed by atoms with Gasteiger partial charge in [0.05, 0.1) is 0 Å². The van der Waals surface area contributed by atoms with Crippen LogP contribution in [0.4, 0.5) is 0 Å². The first-order valence-corrected chi connectivity index (χ1v) is 3.94. The maximum Gasteiger partial charge on any atom is 0.0468 e. The van der Waals surface area contributed by atoms with Crippen LogP contribution in [0, 0.1) is 5.92 Å². The molecule has 3 nitrogen and oxygen atoms in total. The average molecular weight is 144 g/mol. The summed E-state index contributed by atoms with van der Waals surface area (Å²) in [4.78, 5) is 0. The van der Waals surface area contributed by atoms with Crippen molar-refractivity contribution in [3.05, 3.63) is 0 Å². The fourth-order valence-electron chi connectivity index (χ4n) is 1.32. The summed E-state index contributed by atoms with van der Waals surface area (Å²) >= 11 is 0. The molecule has 60 valence electrons. The van der Waals surface area contributed by atoms with Crippen LogP contribution in [-0.2, 0) is 4.74 Å². The lowest BCUT2D eigenvalue weighted by Crippen LogP contribution is -2.26. The molecule has 1 aliphatic heterocycles. The number of nitrogens with one attached hydrogen (secondary N) is 1. The van der Waals surface area contributed by atoms with E-state index in [9.17, 15) is 0 Å². The van der Waals surface area contributed by atoms with E-state index in [2.05, 4.69) is 5.43 Å². The Kier molecular flexibility index (Phi) is 3.72. The summed E-state index contributed by atoms with van der Waals surface area (Å²) in [5, 5.41) is 0. The van der Waals surface area contributed by atoms with Gasteiger partial charge in [0.25, 0.3) is 0 Å². The minimum Gasteiger partial charge on any atom is -0.381 e. The van der Waals surface area contributed by atoms with Gasteiger partial charge >= 0.3 is 0 Å². The van der Waals surface area contributed by atoms with Crippen molar-refractivity contribution >= 4 is 0 Å². The van der Waals surface area contributed by atoms with Crippen molar-refractivity contribution in [3.8, 4) is 0 Å². The number of rotatable bonds is 3. The largest absolute Gasteiger partial charge is 0.381 e. The van der Waals surface area contributed by atoms with Crippen LogP contribution >= 0.6 is 0 Å². The molecule has 3 N–H and O–H groups in total. The Hall–Kier alpha value is -0.120. The fourth-order valence-corrected chi connectivity index (χ4v) is 1.32.